The highest BCUT2D eigenvalue weighted by atomic mass is 127. The molecule has 0 spiro atoms. The number of benzene rings is 1. The summed E-state index contributed by atoms with van der Waals surface area (Å²) in [4.78, 5) is 4.15. The molecule has 5 nitrogen and oxygen atoms in total. The first-order chi connectivity index (χ1) is 13.0. The molecule has 2 N–H and O–H groups in total. The van der Waals surface area contributed by atoms with Crippen molar-refractivity contribution < 1.29 is 12.8 Å². The van der Waals surface area contributed by atoms with Crippen molar-refractivity contribution in [2.24, 2.45) is 4.99 Å². The molecular weight excluding hydrogens is 512 g/mol. The first-order valence-corrected chi connectivity index (χ1v) is 12.3. The van der Waals surface area contributed by atoms with E-state index in [1.165, 1.54) is 31.0 Å². The smallest absolute Gasteiger partial charge is 0.191 e. The fraction of sp³-hybridized carbons (Fsp3) is 0.632. The molecule has 9 heteroatoms. The molecule has 0 saturated heterocycles. The normalized spacial score (nSPS) is 20.3. The lowest BCUT2D eigenvalue weighted by molar-refractivity contribution is 0.419. The molecular formula is C19H31FIN3O2S2. The molecule has 2 atom stereocenters. The van der Waals surface area contributed by atoms with Crippen molar-refractivity contribution in [1.82, 2.24) is 10.6 Å². The zero-order chi connectivity index (χ0) is 19.7. The van der Waals surface area contributed by atoms with Gasteiger partial charge in [-0.25, -0.2) is 12.8 Å². The summed E-state index contributed by atoms with van der Waals surface area (Å²) >= 11 is 2.00. The number of thioether (sulfide) groups is 1. The lowest BCUT2D eigenvalue weighted by Gasteiger charge is -2.30. The van der Waals surface area contributed by atoms with E-state index in [0.717, 1.165) is 24.7 Å². The molecule has 2 rings (SSSR count). The van der Waals surface area contributed by atoms with Crippen LogP contribution in [-0.2, 0) is 9.84 Å². The van der Waals surface area contributed by atoms with Crippen LogP contribution in [0.4, 0.5) is 4.39 Å². The van der Waals surface area contributed by atoms with Gasteiger partial charge in [0.25, 0.3) is 0 Å². The number of halogens is 2. The molecule has 0 aromatic heterocycles. The Labute approximate surface area is 189 Å². The number of hydrogen-bond acceptors (Lipinski definition) is 4. The summed E-state index contributed by atoms with van der Waals surface area (Å²) in [6.07, 6.45) is 4.64. The lowest BCUT2D eigenvalue weighted by Crippen LogP contribution is -2.46. The molecule has 0 heterocycles. The van der Waals surface area contributed by atoms with Gasteiger partial charge in [0, 0.05) is 17.8 Å². The van der Waals surface area contributed by atoms with E-state index < -0.39 is 15.7 Å². The summed E-state index contributed by atoms with van der Waals surface area (Å²) < 4.78 is 38.4. The highest BCUT2D eigenvalue weighted by Gasteiger charge is 2.23. The van der Waals surface area contributed by atoms with Crippen LogP contribution in [0.3, 0.4) is 0 Å². The molecule has 1 fully saturated rings. The van der Waals surface area contributed by atoms with Gasteiger partial charge in [-0.15, -0.1) is 24.0 Å². The molecule has 1 aliphatic rings. The molecule has 1 aromatic carbocycles. The average molecular weight is 544 g/mol. The van der Waals surface area contributed by atoms with Crippen LogP contribution >= 0.6 is 35.7 Å². The Kier molecular flexibility index (Phi) is 11.7. The molecule has 0 aliphatic heterocycles. The Balaban J connectivity index is 0.00000392. The van der Waals surface area contributed by atoms with Gasteiger partial charge in [0.05, 0.1) is 12.3 Å². The Morgan fingerprint density at radius 3 is 2.71 bits per heavy atom. The van der Waals surface area contributed by atoms with Crippen molar-refractivity contribution in [2.75, 3.05) is 24.6 Å². The van der Waals surface area contributed by atoms with E-state index in [-0.39, 0.29) is 41.2 Å². The summed E-state index contributed by atoms with van der Waals surface area (Å²) in [7, 11) is -3.69. The molecule has 2 unspecified atom stereocenters. The topological polar surface area (TPSA) is 70.6 Å². The maximum Gasteiger partial charge on any atom is 0.191 e. The summed E-state index contributed by atoms with van der Waals surface area (Å²) in [6, 6.07) is 5.82. The zero-order valence-electron chi connectivity index (χ0n) is 16.5. The van der Waals surface area contributed by atoms with Crippen LogP contribution in [0.15, 0.2) is 34.2 Å². The van der Waals surface area contributed by atoms with Gasteiger partial charge in [-0.05, 0) is 44.1 Å². The summed E-state index contributed by atoms with van der Waals surface area (Å²) in [5.74, 6) is 0.824. The van der Waals surface area contributed by atoms with Crippen LogP contribution in [-0.4, -0.2) is 50.3 Å². The van der Waals surface area contributed by atoms with Gasteiger partial charge < -0.3 is 10.6 Å². The number of nitrogens with one attached hydrogen (secondary N) is 2. The van der Waals surface area contributed by atoms with Crippen LogP contribution in [0.25, 0.3) is 0 Å². The Bertz CT molecular complexity index is 730. The Morgan fingerprint density at radius 1 is 1.29 bits per heavy atom. The molecule has 28 heavy (non-hydrogen) atoms. The van der Waals surface area contributed by atoms with Crippen LogP contribution in [0, 0.1) is 5.82 Å². The monoisotopic (exact) mass is 543 g/mol. The van der Waals surface area contributed by atoms with Gasteiger partial charge in [0.2, 0.25) is 0 Å². The number of rotatable bonds is 8. The van der Waals surface area contributed by atoms with Crippen molar-refractivity contribution in [3.63, 3.8) is 0 Å². The van der Waals surface area contributed by atoms with Crippen molar-refractivity contribution in [3.05, 3.63) is 30.1 Å². The van der Waals surface area contributed by atoms with E-state index in [0.29, 0.717) is 23.8 Å². The quantitative estimate of drug-likeness (QED) is 0.296. The second-order valence-electron chi connectivity index (χ2n) is 6.60. The van der Waals surface area contributed by atoms with E-state index in [2.05, 4.69) is 22.5 Å². The van der Waals surface area contributed by atoms with Gasteiger partial charge >= 0.3 is 0 Å². The number of hydrogen-bond donors (Lipinski definition) is 2. The van der Waals surface area contributed by atoms with Gasteiger partial charge in [0.1, 0.15) is 10.7 Å². The van der Waals surface area contributed by atoms with Crippen molar-refractivity contribution in [3.8, 4) is 0 Å². The molecule has 1 aliphatic carbocycles. The first kappa shape index (κ1) is 25.5. The third-order valence-electron chi connectivity index (χ3n) is 4.52. The highest BCUT2D eigenvalue weighted by Crippen LogP contribution is 2.28. The predicted octanol–water partition coefficient (Wildman–Crippen LogP) is 3.84. The second kappa shape index (κ2) is 12.9. The third-order valence-corrected chi connectivity index (χ3v) is 7.47. The SMILES string of the molecule is CCNC(=NCCS(=O)(=O)c1ccccc1F)NC1CCCC(SCC)C1.I. The van der Waals surface area contributed by atoms with E-state index in [1.54, 1.807) is 0 Å². The van der Waals surface area contributed by atoms with E-state index >= 15 is 0 Å². The molecule has 0 radical (unpaired) electrons. The average Bonchev–Trinajstić information content (AvgIpc) is 2.62. The lowest BCUT2D eigenvalue weighted by atomic mass is 9.95. The predicted molar refractivity (Wildman–Crippen MR) is 127 cm³/mol. The molecule has 0 amide bonds. The van der Waals surface area contributed by atoms with E-state index in [4.69, 9.17) is 0 Å². The van der Waals surface area contributed by atoms with Gasteiger partial charge in [-0.1, -0.05) is 25.5 Å². The van der Waals surface area contributed by atoms with Crippen molar-refractivity contribution in [2.45, 2.75) is 55.7 Å². The maximum absolute atomic E-state index is 13.8. The Hall–Kier alpha value is -0.550. The van der Waals surface area contributed by atoms with Gasteiger partial charge in [0.15, 0.2) is 15.8 Å². The maximum atomic E-state index is 13.8. The largest absolute Gasteiger partial charge is 0.357 e. The number of sulfone groups is 1. The van der Waals surface area contributed by atoms with Crippen LogP contribution in [0.1, 0.15) is 39.5 Å². The first-order valence-electron chi connectivity index (χ1n) is 9.60. The van der Waals surface area contributed by atoms with Gasteiger partial charge in [-0.3, -0.25) is 4.99 Å². The number of aliphatic imine (C=N–C) groups is 1. The van der Waals surface area contributed by atoms with Crippen molar-refractivity contribution in [1.29, 1.82) is 0 Å². The van der Waals surface area contributed by atoms with Gasteiger partial charge in [-0.2, -0.15) is 11.8 Å². The van der Waals surface area contributed by atoms with E-state index in [1.807, 2.05) is 18.7 Å². The summed E-state index contributed by atoms with van der Waals surface area (Å²) in [6.45, 7) is 4.95. The molecule has 1 saturated carbocycles. The third kappa shape index (κ3) is 8.06. The minimum Gasteiger partial charge on any atom is -0.357 e. The number of guanidine groups is 1. The van der Waals surface area contributed by atoms with E-state index in [9.17, 15) is 12.8 Å². The molecule has 0 bridgehead atoms. The number of nitrogens with zero attached hydrogens (tertiary/aromatic N) is 1. The molecule has 1 aromatic rings. The van der Waals surface area contributed by atoms with Crippen molar-refractivity contribution >= 4 is 51.5 Å². The van der Waals surface area contributed by atoms with Crippen LogP contribution < -0.4 is 10.6 Å². The van der Waals surface area contributed by atoms with Crippen LogP contribution in [0.5, 0.6) is 0 Å². The standard InChI is InChI=1S/C19H30FN3O2S2.HI/c1-3-21-19(23-15-8-7-9-16(14-15)26-4-2)22-12-13-27(24,25)18-11-6-5-10-17(18)20;/h5-6,10-11,15-16H,3-4,7-9,12-14H2,1-2H3,(H2,21,22,23);1H. The summed E-state index contributed by atoms with van der Waals surface area (Å²) in [5, 5.41) is 7.29. The zero-order valence-corrected chi connectivity index (χ0v) is 20.5. The second-order valence-corrected chi connectivity index (χ2v) is 10.3. The molecule has 160 valence electrons. The fourth-order valence-corrected chi connectivity index (χ4v) is 5.64. The minimum absolute atomic E-state index is 0. The minimum atomic E-state index is -3.69. The highest BCUT2D eigenvalue weighted by molar-refractivity contribution is 14.0. The fourth-order valence-electron chi connectivity index (χ4n) is 3.26. The Morgan fingerprint density at radius 2 is 2.04 bits per heavy atom. The van der Waals surface area contributed by atoms with Crippen LogP contribution in [0.2, 0.25) is 0 Å². The summed E-state index contributed by atoms with van der Waals surface area (Å²) in [5.41, 5.74) is 0.